The Morgan fingerprint density at radius 3 is 2.79 bits per heavy atom. The van der Waals surface area contributed by atoms with Gasteiger partial charge in [-0.1, -0.05) is 12.1 Å². The molecule has 1 unspecified atom stereocenters. The third-order valence-electron chi connectivity index (χ3n) is 6.46. The molecule has 1 aliphatic carbocycles. The van der Waals surface area contributed by atoms with Gasteiger partial charge in [-0.25, -0.2) is 14.8 Å². The quantitative estimate of drug-likeness (QED) is 0.698. The van der Waals surface area contributed by atoms with E-state index >= 15 is 0 Å². The molecule has 3 N–H and O–H groups in total. The van der Waals surface area contributed by atoms with Crippen molar-refractivity contribution >= 4 is 29.7 Å². The molecule has 3 heterocycles. The third-order valence-corrected chi connectivity index (χ3v) is 7.54. The Morgan fingerprint density at radius 1 is 1.27 bits per heavy atom. The summed E-state index contributed by atoms with van der Waals surface area (Å²) in [7, 11) is 0. The van der Waals surface area contributed by atoms with E-state index in [1.807, 2.05) is 18.2 Å². The molecule has 5 rings (SSSR count). The van der Waals surface area contributed by atoms with Crippen LogP contribution in [0.2, 0.25) is 0 Å². The smallest absolute Gasteiger partial charge is 0.407 e. The monoisotopic (exact) mass is 475 g/mol. The molecule has 2 aromatic rings. The van der Waals surface area contributed by atoms with E-state index in [0.29, 0.717) is 35.7 Å². The lowest BCUT2D eigenvalue weighted by Crippen LogP contribution is -2.50. The number of anilines is 1. The number of alkyl halides is 2. The van der Waals surface area contributed by atoms with E-state index < -0.39 is 17.9 Å². The van der Waals surface area contributed by atoms with Crippen molar-refractivity contribution in [3.63, 3.8) is 0 Å². The molecular formula is C22H23F2N5O3S. The Balaban J connectivity index is 1.56. The second kappa shape index (κ2) is 8.12. The van der Waals surface area contributed by atoms with Crippen LogP contribution in [0.3, 0.4) is 0 Å². The number of aromatic nitrogens is 2. The minimum Gasteiger partial charge on any atom is -0.465 e. The highest BCUT2D eigenvalue weighted by atomic mass is 32.2. The molecule has 0 radical (unpaired) electrons. The van der Waals surface area contributed by atoms with Gasteiger partial charge in [-0.3, -0.25) is 4.79 Å². The number of carbonyl (C=O) groups is 2. The molecule has 8 nitrogen and oxygen atoms in total. The van der Waals surface area contributed by atoms with E-state index in [1.165, 1.54) is 4.90 Å². The molecule has 0 saturated carbocycles. The zero-order valence-corrected chi connectivity index (χ0v) is 18.6. The largest absolute Gasteiger partial charge is 0.465 e. The average Bonchev–Trinajstić information content (AvgIpc) is 2.92. The van der Waals surface area contributed by atoms with Crippen LogP contribution in [-0.4, -0.2) is 56.9 Å². The van der Waals surface area contributed by atoms with Crippen molar-refractivity contribution in [1.82, 2.24) is 14.9 Å². The van der Waals surface area contributed by atoms with Gasteiger partial charge in [0, 0.05) is 53.7 Å². The normalized spacial score (nSPS) is 21.1. The minimum atomic E-state index is -3.03. The number of thioether (sulfide) groups is 1. The Labute approximate surface area is 193 Å². The van der Waals surface area contributed by atoms with E-state index in [2.05, 4.69) is 4.98 Å². The summed E-state index contributed by atoms with van der Waals surface area (Å²) >= 11 is 1.55. The first-order chi connectivity index (χ1) is 15.7. The van der Waals surface area contributed by atoms with Crippen LogP contribution in [0.25, 0.3) is 11.3 Å². The molecule has 33 heavy (non-hydrogen) atoms. The summed E-state index contributed by atoms with van der Waals surface area (Å²) in [4.78, 5) is 35.8. The number of amides is 2. The topological polar surface area (TPSA) is 113 Å². The second-order valence-electron chi connectivity index (χ2n) is 8.59. The van der Waals surface area contributed by atoms with Crippen LogP contribution in [-0.2, 0) is 23.7 Å². The molecule has 1 aromatic heterocycles. The summed E-state index contributed by atoms with van der Waals surface area (Å²) in [5, 5.41) is 9.36. The van der Waals surface area contributed by atoms with E-state index in [4.69, 9.17) is 10.7 Å². The molecule has 1 saturated heterocycles. The number of hydrogen-bond donors (Lipinski definition) is 2. The lowest BCUT2D eigenvalue weighted by atomic mass is 9.99. The summed E-state index contributed by atoms with van der Waals surface area (Å²) in [5.74, 6) is -2.68. The number of carbonyl (C=O) groups excluding carboxylic acids is 1. The van der Waals surface area contributed by atoms with Crippen molar-refractivity contribution in [3.05, 3.63) is 35.0 Å². The number of halogens is 2. The third kappa shape index (κ3) is 3.98. The number of fused-ring (bicyclic) bond motifs is 2. The molecule has 1 fully saturated rings. The predicted octanol–water partition coefficient (Wildman–Crippen LogP) is 3.22. The van der Waals surface area contributed by atoms with E-state index in [0.717, 1.165) is 16.9 Å². The lowest BCUT2D eigenvalue weighted by Gasteiger charge is -2.40. The van der Waals surface area contributed by atoms with Gasteiger partial charge >= 0.3 is 6.09 Å². The fourth-order valence-corrected chi connectivity index (χ4v) is 5.67. The number of rotatable bonds is 4. The van der Waals surface area contributed by atoms with Crippen LogP contribution >= 0.6 is 11.8 Å². The maximum absolute atomic E-state index is 14.7. The van der Waals surface area contributed by atoms with Crippen LogP contribution in [0.1, 0.15) is 36.1 Å². The van der Waals surface area contributed by atoms with Gasteiger partial charge in [0.25, 0.3) is 5.92 Å². The molecule has 2 amide bonds. The van der Waals surface area contributed by atoms with E-state index in [9.17, 15) is 23.5 Å². The molecule has 1 aromatic carbocycles. The first-order valence-electron chi connectivity index (χ1n) is 10.8. The first kappa shape index (κ1) is 21.9. The van der Waals surface area contributed by atoms with Crippen molar-refractivity contribution in [3.8, 4) is 11.3 Å². The van der Waals surface area contributed by atoms with E-state index in [1.54, 1.807) is 16.7 Å². The van der Waals surface area contributed by atoms with Crippen molar-refractivity contribution in [2.75, 3.05) is 23.7 Å². The maximum atomic E-state index is 14.7. The van der Waals surface area contributed by atoms with Crippen molar-refractivity contribution < 1.29 is 23.5 Å². The number of primary amides is 1. The van der Waals surface area contributed by atoms with Gasteiger partial charge in [-0.15, -0.1) is 11.8 Å². The zero-order valence-electron chi connectivity index (χ0n) is 17.8. The summed E-state index contributed by atoms with van der Waals surface area (Å²) in [6.07, 6.45) is -0.245. The van der Waals surface area contributed by atoms with Crippen LogP contribution in [0, 0.1) is 0 Å². The van der Waals surface area contributed by atoms with E-state index in [-0.39, 0.29) is 43.5 Å². The summed E-state index contributed by atoms with van der Waals surface area (Å²) in [6, 6.07) is 5.38. The van der Waals surface area contributed by atoms with Crippen molar-refractivity contribution in [2.24, 2.45) is 5.73 Å². The number of nitrogens with two attached hydrogens (primary N) is 1. The highest BCUT2D eigenvalue weighted by Crippen LogP contribution is 2.45. The zero-order chi connectivity index (χ0) is 23.3. The number of nitrogens with zero attached hydrogens (tertiary/aromatic N) is 4. The maximum Gasteiger partial charge on any atom is 0.407 e. The molecule has 0 bridgehead atoms. The molecule has 2 aliphatic heterocycles. The van der Waals surface area contributed by atoms with Crippen molar-refractivity contribution in [2.45, 2.75) is 49.1 Å². The van der Waals surface area contributed by atoms with Gasteiger partial charge in [0.15, 0.2) is 0 Å². The van der Waals surface area contributed by atoms with Gasteiger partial charge < -0.3 is 20.6 Å². The average molecular weight is 476 g/mol. The van der Waals surface area contributed by atoms with Gasteiger partial charge in [-0.05, 0) is 24.5 Å². The molecule has 1 atom stereocenters. The van der Waals surface area contributed by atoms with Gasteiger partial charge in [0.1, 0.15) is 5.69 Å². The SMILES string of the molecule is NC(=O)CC1CCN1c1nc(-c2ccc3c(c2)SCCN(C(=O)O)C3)c2c(n1)C(F)(F)CC2. The second-order valence-corrected chi connectivity index (χ2v) is 9.72. The highest BCUT2D eigenvalue weighted by molar-refractivity contribution is 7.99. The van der Waals surface area contributed by atoms with Gasteiger partial charge in [0.2, 0.25) is 11.9 Å². The molecule has 11 heteroatoms. The summed E-state index contributed by atoms with van der Waals surface area (Å²) in [5.41, 5.74) is 7.59. The fraction of sp³-hybridized carbons (Fsp3) is 0.455. The van der Waals surface area contributed by atoms with Crippen LogP contribution in [0.5, 0.6) is 0 Å². The van der Waals surface area contributed by atoms with Crippen LogP contribution in [0.15, 0.2) is 23.1 Å². The Bertz CT molecular complexity index is 1150. The highest BCUT2D eigenvalue weighted by Gasteiger charge is 2.44. The molecule has 0 spiro atoms. The number of benzene rings is 1. The first-order valence-corrected chi connectivity index (χ1v) is 11.8. The Kier molecular flexibility index (Phi) is 5.38. The number of hydrogen-bond acceptors (Lipinski definition) is 6. The lowest BCUT2D eigenvalue weighted by molar-refractivity contribution is -0.118. The standard InChI is InChI=1S/C22H23F2N5O3S/c23-22(24)5-3-15-18(26-20(27-19(15)22)29-6-4-14(29)10-17(25)30)12-1-2-13-11-28(21(31)32)7-8-33-16(13)9-12/h1-2,9,14H,3-8,10-11H2,(H2,25,30)(H,31,32). The summed E-state index contributed by atoms with van der Waals surface area (Å²) < 4.78 is 29.4. The van der Waals surface area contributed by atoms with Crippen LogP contribution < -0.4 is 10.6 Å². The summed E-state index contributed by atoms with van der Waals surface area (Å²) in [6.45, 7) is 1.28. The fourth-order valence-electron chi connectivity index (χ4n) is 4.61. The molecule has 174 valence electrons. The van der Waals surface area contributed by atoms with Gasteiger partial charge in [0.05, 0.1) is 12.2 Å². The van der Waals surface area contributed by atoms with Gasteiger partial charge in [-0.2, -0.15) is 8.78 Å². The Hall–Kier alpha value is -2.95. The van der Waals surface area contributed by atoms with Crippen LogP contribution in [0.4, 0.5) is 19.5 Å². The number of carboxylic acid groups (broad SMARTS) is 1. The molecular weight excluding hydrogens is 452 g/mol. The predicted molar refractivity (Wildman–Crippen MR) is 118 cm³/mol. The van der Waals surface area contributed by atoms with Crippen molar-refractivity contribution in [1.29, 1.82) is 0 Å². The Morgan fingerprint density at radius 2 is 2.09 bits per heavy atom. The minimum absolute atomic E-state index is 0.127. The molecule has 3 aliphatic rings.